The van der Waals surface area contributed by atoms with E-state index in [0.717, 1.165) is 0 Å². The van der Waals surface area contributed by atoms with Gasteiger partial charge in [-0.2, -0.15) is 0 Å². The summed E-state index contributed by atoms with van der Waals surface area (Å²) in [5.41, 5.74) is 7.62. The van der Waals surface area contributed by atoms with Gasteiger partial charge in [-0.3, -0.25) is 0 Å². The van der Waals surface area contributed by atoms with E-state index < -0.39 is 8.32 Å². The van der Waals surface area contributed by atoms with Crippen LogP contribution in [0, 0.1) is 41.5 Å². The fraction of sp³-hybridized carbons (Fsp3) is 0.231. The molecule has 0 aliphatic carbocycles. The minimum atomic E-state index is -2.74. The first kappa shape index (κ1) is 20.2. The zero-order valence-electron chi connectivity index (χ0n) is 17.9. The molecule has 144 valence electrons. The van der Waals surface area contributed by atoms with Crippen molar-refractivity contribution >= 4 is 23.9 Å². The van der Waals surface area contributed by atoms with Crippen molar-refractivity contribution in [2.45, 2.75) is 41.5 Å². The average Bonchev–Trinajstić information content (AvgIpc) is 2.61. The Morgan fingerprint density at radius 1 is 0.607 bits per heavy atom. The lowest BCUT2D eigenvalue weighted by Gasteiger charge is -2.35. The third-order valence-corrected chi connectivity index (χ3v) is 10.0. The van der Waals surface area contributed by atoms with Crippen LogP contribution in [0.2, 0.25) is 0 Å². The summed E-state index contributed by atoms with van der Waals surface area (Å²) >= 11 is 0. The summed E-state index contributed by atoms with van der Waals surface area (Å²) in [6, 6.07) is 20.2. The lowest BCUT2D eigenvalue weighted by molar-refractivity contribution is 0.499. The number of hydrogen-bond donors (Lipinski definition) is 0. The summed E-state index contributed by atoms with van der Waals surface area (Å²) in [6.45, 7) is 17.0. The molecule has 0 radical (unpaired) electrons. The molecule has 1 nitrogen and oxygen atoms in total. The maximum Gasteiger partial charge on any atom is 0.346 e. The Labute approximate surface area is 170 Å². The molecule has 0 fully saturated rings. The van der Waals surface area contributed by atoms with Crippen molar-refractivity contribution in [3.05, 3.63) is 101 Å². The summed E-state index contributed by atoms with van der Waals surface area (Å²) in [4.78, 5) is 0. The Hall–Kier alpha value is -2.58. The van der Waals surface area contributed by atoms with E-state index >= 15 is 0 Å². The van der Waals surface area contributed by atoms with Crippen molar-refractivity contribution in [3.8, 4) is 0 Å². The first-order valence-electron chi connectivity index (χ1n) is 9.81. The van der Waals surface area contributed by atoms with Crippen LogP contribution in [0.4, 0.5) is 0 Å². The van der Waals surface area contributed by atoms with Crippen LogP contribution < -0.4 is 15.6 Å². The molecule has 0 N–H and O–H groups in total. The van der Waals surface area contributed by atoms with Gasteiger partial charge in [0, 0.05) is 0 Å². The molecule has 0 saturated heterocycles. The fourth-order valence-corrected chi connectivity index (χ4v) is 8.71. The molecule has 0 spiro atoms. The van der Waals surface area contributed by atoms with E-state index in [-0.39, 0.29) is 0 Å². The second-order valence-electron chi connectivity index (χ2n) is 7.92. The highest BCUT2D eigenvalue weighted by Crippen LogP contribution is 2.18. The second-order valence-corrected chi connectivity index (χ2v) is 11.1. The van der Waals surface area contributed by atoms with Crippen LogP contribution in [0.25, 0.3) is 0 Å². The summed E-state index contributed by atoms with van der Waals surface area (Å²) in [5, 5.41) is 3.87. The molecule has 0 aliphatic heterocycles. The van der Waals surface area contributed by atoms with Crippen LogP contribution in [0.5, 0.6) is 0 Å². The molecular weight excluding hydrogens is 356 g/mol. The largest absolute Gasteiger partial charge is 0.537 e. The van der Waals surface area contributed by atoms with Crippen molar-refractivity contribution in [3.63, 3.8) is 0 Å². The SMILES string of the molecule is C=CO[Si](c1ccc(C)cc1C)(c1ccc(C)cc1C)c1ccc(C)cc1C. The molecule has 28 heavy (non-hydrogen) atoms. The number of hydrogen-bond acceptors (Lipinski definition) is 1. The molecule has 0 bridgehead atoms. The Bertz CT molecular complexity index is 907. The standard InChI is InChI=1S/C26H30OSi/c1-8-27-28(24-12-9-18(2)15-21(24)5,25-13-10-19(3)16-22(25)6)26-14-11-20(4)17-23(26)7/h8-17H,1H2,2-7H3. The highest BCUT2D eigenvalue weighted by Gasteiger charge is 2.46. The molecule has 3 rings (SSSR count). The molecule has 0 unspecified atom stereocenters. The molecule has 2 heteroatoms. The fourth-order valence-electron chi connectivity index (χ4n) is 4.38. The van der Waals surface area contributed by atoms with Crippen molar-refractivity contribution in [2.75, 3.05) is 0 Å². The van der Waals surface area contributed by atoms with Crippen molar-refractivity contribution in [1.29, 1.82) is 0 Å². The lowest BCUT2D eigenvalue weighted by atomic mass is 10.1. The van der Waals surface area contributed by atoms with Gasteiger partial charge in [0.25, 0.3) is 0 Å². The van der Waals surface area contributed by atoms with Crippen LogP contribution in [0.3, 0.4) is 0 Å². The van der Waals surface area contributed by atoms with Gasteiger partial charge in [0.15, 0.2) is 0 Å². The topological polar surface area (TPSA) is 9.23 Å². The number of rotatable bonds is 5. The highest BCUT2D eigenvalue weighted by molar-refractivity contribution is 7.07. The van der Waals surface area contributed by atoms with Crippen molar-refractivity contribution in [2.24, 2.45) is 0 Å². The predicted octanol–water partition coefficient (Wildman–Crippen LogP) is 4.66. The smallest absolute Gasteiger partial charge is 0.346 e. The second kappa shape index (κ2) is 7.81. The van der Waals surface area contributed by atoms with E-state index in [2.05, 4.69) is 103 Å². The van der Waals surface area contributed by atoms with Gasteiger partial charge < -0.3 is 4.43 Å². The Balaban J connectivity index is 2.47. The Kier molecular flexibility index (Phi) is 5.62. The van der Waals surface area contributed by atoms with E-state index in [4.69, 9.17) is 4.43 Å². The minimum Gasteiger partial charge on any atom is -0.537 e. The first-order valence-corrected chi connectivity index (χ1v) is 11.7. The molecule has 0 amide bonds. The van der Waals surface area contributed by atoms with Crippen LogP contribution in [-0.2, 0) is 4.43 Å². The normalized spacial score (nSPS) is 11.4. The van der Waals surface area contributed by atoms with E-state index in [9.17, 15) is 0 Å². The van der Waals surface area contributed by atoms with Crippen molar-refractivity contribution < 1.29 is 4.43 Å². The van der Waals surface area contributed by atoms with Gasteiger partial charge >= 0.3 is 8.32 Å². The monoisotopic (exact) mass is 386 g/mol. The van der Waals surface area contributed by atoms with Gasteiger partial charge in [0.2, 0.25) is 0 Å². The van der Waals surface area contributed by atoms with Gasteiger partial charge in [-0.1, -0.05) is 77.9 Å². The van der Waals surface area contributed by atoms with Gasteiger partial charge in [-0.25, -0.2) is 0 Å². The Morgan fingerprint density at radius 2 is 0.929 bits per heavy atom. The van der Waals surface area contributed by atoms with E-state index in [0.29, 0.717) is 0 Å². The third kappa shape index (κ3) is 3.45. The molecule has 0 heterocycles. The quantitative estimate of drug-likeness (QED) is 0.352. The molecule has 3 aromatic carbocycles. The lowest BCUT2D eigenvalue weighted by Crippen LogP contribution is -2.70. The van der Waals surface area contributed by atoms with Gasteiger partial charge in [-0.05, 0) is 73.8 Å². The van der Waals surface area contributed by atoms with Crippen molar-refractivity contribution in [1.82, 2.24) is 0 Å². The molecule has 0 aliphatic rings. The summed E-state index contributed by atoms with van der Waals surface area (Å²) < 4.78 is 6.65. The van der Waals surface area contributed by atoms with Gasteiger partial charge in [0.05, 0.1) is 6.26 Å². The van der Waals surface area contributed by atoms with Gasteiger partial charge in [-0.15, -0.1) is 0 Å². The van der Waals surface area contributed by atoms with E-state index in [1.54, 1.807) is 6.26 Å². The summed E-state index contributed by atoms with van der Waals surface area (Å²) in [7, 11) is -2.74. The number of aryl methyl sites for hydroxylation is 6. The summed E-state index contributed by atoms with van der Waals surface area (Å²) in [5.74, 6) is 0. The van der Waals surface area contributed by atoms with Crippen LogP contribution in [-0.4, -0.2) is 8.32 Å². The van der Waals surface area contributed by atoms with Crippen LogP contribution >= 0.6 is 0 Å². The molecule has 0 aromatic heterocycles. The van der Waals surface area contributed by atoms with Crippen LogP contribution in [0.15, 0.2) is 67.4 Å². The summed E-state index contributed by atoms with van der Waals surface area (Å²) in [6.07, 6.45) is 1.64. The minimum absolute atomic E-state index is 1.27. The maximum atomic E-state index is 6.65. The van der Waals surface area contributed by atoms with E-state index in [1.165, 1.54) is 48.9 Å². The third-order valence-electron chi connectivity index (χ3n) is 5.54. The predicted molar refractivity (Wildman–Crippen MR) is 124 cm³/mol. The average molecular weight is 387 g/mol. The zero-order chi connectivity index (χ0) is 20.5. The zero-order valence-corrected chi connectivity index (χ0v) is 18.9. The van der Waals surface area contributed by atoms with Crippen LogP contribution in [0.1, 0.15) is 33.4 Å². The van der Waals surface area contributed by atoms with Gasteiger partial charge in [0.1, 0.15) is 0 Å². The number of benzene rings is 3. The van der Waals surface area contributed by atoms with E-state index in [1.807, 2.05) is 0 Å². The highest BCUT2D eigenvalue weighted by atomic mass is 28.4. The maximum absolute atomic E-state index is 6.65. The Morgan fingerprint density at radius 3 is 1.18 bits per heavy atom. The molecule has 0 atom stereocenters. The first-order chi connectivity index (χ1) is 13.3. The molecule has 3 aromatic rings. The molecular formula is C26H30OSi. The molecule has 0 saturated carbocycles.